The van der Waals surface area contributed by atoms with E-state index >= 15 is 0 Å². The van der Waals surface area contributed by atoms with E-state index in [0.29, 0.717) is 28.4 Å². The van der Waals surface area contributed by atoms with Gasteiger partial charge in [0.25, 0.3) is 5.91 Å². The van der Waals surface area contributed by atoms with Crippen molar-refractivity contribution in [2.75, 3.05) is 16.8 Å². The van der Waals surface area contributed by atoms with E-state index in [1.165, 1.54) is 22.2 Å². The summed E-state index contributed by atoms with van der Waals surface area (Å²) < 4.78 is 5.04. The number of ether oxygens (including phenoxy) is 1. The second-order valence-corrected chi connectivity index (χ2v) is 10.5. The van der Waals surface area contributed by atoms with Gasteiger partial charge in [0, 0.05) is 11.4 Å². The van der Waals surface area contributed by atoms with E-state index in [9.17, 15) is 19.6 Å². The number of unbranched alkanes of at least 4 members (excludes halogenated alkanes) is 1. The maximum absolute atomic E-state index is 13.7. The van der Waals surface area contributed by atoms with Crippen molar-refractivity contribution in [1.29, 1.82) is 5.26 Å². The van der Waals surface area contributed by atoms with Gasteiger partial charge in [-0.25, -0.2) is 4.79 Å². The molecule has 4 rings (SSSR count). The molecule has 7 nitrogen and oxygen atoms in total. The lowest BCUT2D eigenvalue weighted by molar-refractivity contribution is -0.117. The molecule has 0 aromatic heterocycles. The van der Waals surface area contributed by atoms with E-state index < -0.39 is 17.1 Å². The molecule has 0 saturated carbocycles. The van der Waals surface area contributed by atoms with Crippen LogP contribution in [0.2, 0.25) is 0 Å². The molecule has 0 spiro atoms. The predicted octanol–water partition coefficient (Wildman–Crippen LogP) is 6.27. The molecule has 40 heavy (non-hydrogen) atoms. The Bertz CT molecular complexity index is 1430. The molecule has 1 aliphatic rings. The van der Waals surface area contributed by atoms with Crippen molar-refractivity contribution in [3.05, 3.63) is 106 Å². The van der Waals surface area contributed by atoms with Gasteiger partial charge in [0.2, 0.25) is 5.91 Å². The summed E-state index contributed by atoms with van der Waals surface area (Å²) in [6, 6.07) is 25.6. The summed E-state index contributed by atoms with van der Waals surface area (Å²) in [6.07, 6.45) is 3.52. The van der Waals surface area contributed by atoms with Crippen molar-refractivity contribution in [3.8, 4) is 6.07 Å². The zero-order chi connectivity index (χ0) is 28.5. The fourth-order valence-corrected chi connectivity index (χ4v) is 5.64. The number of esters is 1. The molecule has 0 aliphatic carbocycles. The predicted molar refractivity (Wildman–Crippen MR) is 158 cm³/mol. The standard InChI is InChI=1S/C32H31N3O4S/c1-3-5-9-22-14-18-25(19-15-22)34-29(36)27(21-33)31-35(26-10-7-6-8-11-26)30(37)28(40-31)20-23-12-16-24(17-13-23)32(38)39-4-2/h6-8,10-19,28H,3-5,9,20H2,1-2H3,(H,34,36)/b31-27-. The van der Waals surface area contributed by atoms with Crippen molar-refractivity contribution in [2.24, 2.45) is 0 Å². The normalized spacial score (nSPS) is 15.9. The largest absolute Gasteiger partial charge is 0.462 e. The van der Waals surface area contributed by atoms with Crippen LogP contribution in [0, 0.1) is 11.3 Å². The van der Waals surface area contributed by atoms with E-state index in [0.717, 1.165) is 24.8 Å². The first-order valence-electron chi connectivity index (χ1n) is 13.3. The number of benzene rings is 3. The number of nitrogens with zero attached hydrogens (tertiary/aromatic N) is 2. The molecule has 1 N–H and O–H groups in total. The SMILES string of the molecule is CCCCc1ccc(NC(=O)/C(C#N)=C2\SC(Cc3ccc(C(=O)OCC)cc3)C(=O)N2c2ccccc2)cc1. The first-order valence-corrected chi connectivity index (χ1v) is 14.2. The van der Waals surface area contributed by atoms with Gasteiger partial charge < -0.3 is 10.1 Å². The molecule has 2 amide bonds. The van der Waals surface area contributed by atoms with Gasteiger partial charge in [-0.3, -0.25) is 14.5 Å². The average Bonchev–Trinajstić information content (AvgIpc) is 3.28. The molecule has 1 atom stereocenters. The molecule has 1 saturated heterocycles. The maximum atomic E-state index is 13.7. The molecule has 3 aromatic carbocycles. The highest BCUT2D eigenvalue weighted by Crippen LogP contribution is 2.42. The van der Waals surface area contributed by atoms with Crippen LogP contribution in [0.3, 0.4) is 0 Å². The molecule has 1 fully saturated rings. The monoisotopic (exact) mass is 553 g/mol. The van der Waals surface area contributed by atoms with Gasteiger partial charge in [0.05, 0.1) is 17.4 Å². The second kappa shape index (κ2) is 13.6. The first-order chi connectivity index (χ1) is 19.4. The van der Waals surface area contributed by atoms with Crippen LogP contribution in [-0.4, -0.2) is 29.6 Å². The van der Waals surface area contributed by atoms with Gasteiger partial charge in [-0.2, -0.15) is 5.26 Å². The highest BCUT2D eigenvalue weighted by molar-refractivity contribution is 8.05. The molecule has 0 radical (unpaired) electrons. The number of anilines is 2. The number of hydrogen-bond acceptors (Lipinski definition) is 6. The maximum Gasteiger partial charge on any atom is 0.338 e. The number of para-hydroxylation sites is 1. The van der Waals surface area contributed by atoms with Crippen LogP contribution in [-0.2, 0) is 27.2 Å². The number of aryl methyl sites for hydroxylation is 1. The third-order valence-corrected chi connectivity index (χ3v) is 7.70. The molecule has 8 heteroatoms. The Hall–Kier alpha value is -4.35. The van der Waals surface area contributed by atoms with Crippen LogP contribution in [0.5, 0.6) is 0 Å². The summed E-state index contributed by atoms with van der Waals surface area (Å²) in [5.41, 5.74) is 3.50. The Morgan fingerprint density at radius 2 is 1.65 bits per heavy atom. The minimum Gasteiger partial charge on any atom is -0.462 e. The van der Waals surface area contributed by atoms with Crippen molar-refractivity contribution >= 4 is 40.9 Å². The lowest BCUT2D eigenvalue weighted by Gasteiger charge is -2.18. The first kappa shape index (κ1) is 28.7. The zero-order valence-corrected chi connectivity index (χ0v) is 23.4. The van der Waals surface area contributed by atoms with Crippen LogP contribution in [0.25, 0.3) is 0 Å². The van der Waals surface area contributed by atoms with Crippen LogP contribution < -0.4 is 10.2 Å². The molecule has 204 valence electrons. The number of nitriles is 1. The number of nitrogens with one attached hydrogen (secondary N) is 1. The summed E-state index contributed by atoms with van der Waals surface area (Å²) >= 11 is 1.20. The Morgan fingerprint density at radius 1 is 0.975 bits per heavy atom. The molecule has 0 bridgehead atoms. The van der Waals surface area contributed by atoms with E-state index in [1.807, 2.05) is 36.4 Å². The van der Waals surface area contributed by atoms with Gasteiger partial charge in [-0.15, -0.1) is 0 Å². The zero-order valence-electron chi connectivity index (χ0n) is 22.6. The van der Waals surface area contributed by atoms with Crippen LogP contribution in [0.15, 0.2) is 89.5 Å². The van der Waals surface area contributed by atoms with Gasteiger partial charge in [0.15, 0.2) is 0 Å². The summed E-state index contributed by atoms with van der Waals surface area (Å²) in [5.74, 6) is -1.19. The number of rotatable bonds is 10. The van der Waals surface area contributed by atoms with Crippen molar-refractivity contribution in [2.45, 2.75) is 44.8 Å². The quantitative estimate of drug-likeness (QED) is 0.180. The van der Waals surface area contributed by atoms with Crippen LogP contribution in [0.1, 0.15) is 48.2 Å². The Labute approximate surface area is 238 Å². The minimum atomic E-state index is -0.570. The lowest BCUT2D eigenvalue weighted by Crippen LogP contribution is -2.30. The van der Waals surface area contributed by atoms with Gasteiger partial charge in [0.1, 0.15) is 16.7 Å². The van der Waals surface area contributed by atoms with Gasteiger partial charge in [-0.1, -0.05) is 67.6 Å². The number of thioether (sulfide) groups is 1. The summed E-state index contributed by atoms with van der Waals surface area (Å²) in [6.45, 7) is 4.18. The fourth-order valence-electron chi connectivity index (χ4n) is 4.33. The highest BCUT2D eigenvalue weighted by Gasteiger charge is 2.40. The van der Waals surface area contributed by atoms with Crippen molar-refractivity contribution in [3.63, 3.8) is 0 Å². The topological polar surface area (TPSA) is 99.5 Å². The highest BCUT2D eigenvalue weighted by atomic mass is 32.2. The van der Waals surface area contributed by atoms with E-state index in [-0.39, 0.29) is 18.1 Å². The molecular weight excluding hydrogens is 522 g/mol. The third-order valence-electron chi connectivity index (χ3n) is 6.44. The molecular formula is C32H31N3O4S. The number of hydrogen-bond donors (Lipinski definition) is 1. The lowest BCUT2D eigenvalue weighted by atomic mass is 10.1. The van der Waals surface area contributed by atoms with Crippen molar-refractivity contribution in [1.82, 2.24) is 0 Å². The second-order valence-electron chi connectivity index (χ2n) is 9.28. The van der Waals surface area contributed by atoms with Crippen LogP contribution in [0.4, 0.5) is 11.4 Å². The van der Waals surface area contributed by atoms with E-state index in [2.05, 4.69) is 12.2 Å². The van der Waals surface area contributed by atoms with Gasteiger partial charge >= 0.3 is 5.97 Å². The van der Waals surface area contributed by atoms with Crippen molar-refractivity contribution < 1.29 is 19.1 Å². The van der Waals surface area contributed by atoms with E-state index in [1.54, 1.807) is 55.5 Å². The summed E-state index contributed by atoms with van der Waals surface area (Å²) in [4.78, 5) is 40.4. The number of amides is 2. The summed E-state index contributed by atoms with van der Waals surface area (Å²) in [5, 5.41) is 12.6. The molecule has 3 aromatic rings. The smallest absolute Gasteiger partial charge is 0.338 e. The molecule has 1 heterocycles. The Kier molecular flexibility index (Phi) is 9.76. The minimum absolute atomic E-state index is 0.127. The number of carbonyl (C=O) groups is 3. The number of carbonyl (C=O) groups excluding carboxylic acids is 3. The molecule has 1 aliphatic heterocycles. The van der Waals surface area contributed by atoms with E-state index in [4.69, 9.17) is 4.74 Å². The Balaban J connectivity index is 1.60. The van der Waals surface area contributed by atoms with Crippen LogP contribution >= 0.6 is 11.8 Å². The average molecular weight is 554 g/mol. The van der Waals surface area contributed by atoms with Gasteiger partial charge in [-0.05, 0) is 73.7 Å². The molecule has 1 unspecified atom stereocenters. The Morgan fingerprint density at radius 3 is 2.27 bits per heavy atom. The fraction of sp³-hybridized carbons (Fsp3) is 0.250. The third kappa shape index (κ3) is 6.80. The summed E-state index contributed by atoms with van der Waals surface area (Å²) in [7, 11) is 0.